The third-order valence-corrected chi connectivity index (χ3v) is 7.33. The second-order valence-corrected chi connectivity index (χ2v) is 10.2. The van der Waals surface area contributed by atoms with Gasteiger partial charge < -0.3 is 5.32 Å². The van der Waals surface area contributed by atoms with Gasteiger partial charge in [0.05, 0.1) is 11.8 Å². The molecule has 2 amide bonds. The second kappa shape index (κ2) is 10.2. The van der Waals surface area contributed by atoms with Gasteiger partial charge in [-0.1, -0.05) is 65.3 Å². The predicted octanol–water partition coefficient (Wildman–Crippen LogP) is 5.97. The van der Waals surface area contributed by atoms with Crippen LogP contribution in [-0.2, 0) is 9.59 Å². The molecular formula is C27H22ClFN4O2S. The SMILES string of the molecule is Cc1ccc(NC(=O)CC2SC(N3N=C(c4ccc(F)cc4)CC3c3cccc(Cl)c3)=NC2=O)cc1. The van der Waals surface area contributed by atoms with Gasteiger partial charge in [-0.25, -0.2) is 9.40 Å². The highest BCUT2D eigenvalue weighted by Gasteiger charge is 2.39. The summed E-state index contributed by atoms with van der Waals surface area (Å²) in [4.78, 5) is 29.6. The zero-order chi connectivity index (χ0) is 25.2. The van der Waals surface area contributed by atoms with Crippen molar-refractivity contribution in [2.45, 2.75) is 31.1 Å². The largest absolute Gasteiger partial charge is 0.326 e. The zero-order valence-corrected chi connectivity index (χ0v) is 20.9. The van der Waals surface area contributed by atoms with Crippen molar-refractivity contribution in [3.8, 4) is 0 Å². The monoisotopic (exact) mass is 520 g/mol. The van der Waals surface area contributed by atoms with Gasteiger partial charge in [-0.15, -0.1) is 0 Å². The van der Waals surface area contributed by atoms with Gasteiger partial charge in [0.2, 0.25) is 5.91 Å². The standard InChI is InChI=1S/C27H22ClFN4O2S/c1-16-5-11-21(12-6-16)30-25(34)15-24-26(35)31-27(36-24)33-23(18-3-2-4-19(28)13-18)14-22(32-33)17-7-9-20(29)10-8-17/h2-13,23-24H,14-15H2,1H3,(H,30,34). The summed E-state index contributed by atoms with van der Waals surface area (Å²) in [6.07, 6.45) is 0.521. The molecule has 36 heavy (non-hydrogen) atoms. The molecule has 1 N–H and O–H groups in total. The van der Waals surface area contributed by atoms with Crippen LogP contribution in [0.1, 0.15) is 35.6 Å². The van der Waals surface area contributed by atoms with E-state index in [-0.39, 0.29) is 30.1 Å². The van der Waals surface area contributed by atoms with Gasteiger partial charge in [-0.3, -0.25) is 9.59 Å². The van der Waals surface area contributed by atoms with Crippen LogP contribution in [0.25, 0.3) is 0 Å². The lowest BCUT2D eigenvalue weighted by atomic mass is 9.98. The summed E-state index contributed by atoms with van der Waals surface area (Å²) in [7, 11) is 0. The van der Waals surface area contributed by atoms with Crippen LogP contribution < -0.4 is 5.32 Å². The average molecular weight is 521 g/mol. The summed E-state index contributed by atoms with van der Waals surface area (Å²) < 4.78 is 13.5. The maximum absolute atomic E-state index is 13.5. The maximum atomic E-state index is 13.5. The Morgan fingerprint density at radius 1 is 1.14 bits per heavy atom. The summed E-state index contributed by atoms with van der Waals surface area (Å²) in [5.41, 5.74) is 4.22. The fourth-order valence-corrected chi connectivity index (χ4v) is 5.36. The lowest BCUT2D eigenvalue weighted by Crippen LogP contribution is -2.25. The Morgan fingerprint density at radius 3 is 2.61 bits per heavy atom. The fraction of sp³-hybridized carbons (Fsp3) is 0.185. The van der Waals surface area contributed by atoms with Gasteiger partial charge in [-0.05, 0) is 54.4 Å². The first kappa shape index (κ1) is 24.2. The second-order valence-electron chi connectivity index (χ2n) is 8.63. The van der Waals surface area contributed by atoms with E-state index in [4.69, 9.17) is 16.7 Å². The van der Waals surface area contributed by atoms with E-state index in [1.165, 1.54) is 23.9 Å². The Hall–Kier alpha value is -3.49. The minimum atomic E-state index is -0.643. The Bertz CT molecular complexity index is 1380. The Morgan fingerprint density at radius 2 is 1.89 bits per heavy atom. The summed E-state index contributed by atoms with van der Waals surface area (Å²) >= 11 is 7.47. The molecule has 0 spiro atoms. The number of anilines is 1. The Kier molecular flexibility index (Phi) is 6.89. The highest BCUT2D eigenvalue weighted by atomic mass is 35.5. The van der Waals surface area contributed by atoms with Crippen LogP contribution in [0.4, 0.5) is 10.1 Å². The average Bonchev–Trinajstić information content (AvgIpc) is 3.45. The molecule has 9 heteroatoms. The number of halogens is 2. The maximum Gasteiger partial charge on any atom is 0.262 e. The summed E-state index contributed by atoms with van der Waals surface area (Å²) in [6, 6.07) is 20.8. The molecule has 3 aromatic rings. The Balaban J connectivity index is 1.35. The third-order valence-electron chi connectivity index (χ3n) is 5.95. The molecule has 0 saturated carbocycles. The van der Waals surface area contributed by atoms with Crippen molar-refractivity contribution < 1.29 is 14.0 Å². The number of nitrogens with one attached hydrogen (secondary N) is 1. The van der Waals surface area contributed by atoms with Crippen molar-refractivity contribution in [1.29, 1.82) is 0 Å². The molecule has 0 radical (unpaired) electrons. The van der Waals surface area contributed by atoms with E-state index in [0.29, 0.717) is 22.3 Å². The van der Waals surface area contributed by atoms with E-state index < -0.39 is 5.25 Å². The molecule has 2 aliphatic rings. The molecular weight excluding hydrogens is 499 g/mol. The number of carbonyl (C=O) groups is 2. The fourth-order valence-electron chi connectivity index (χ4n) is 4.10. The summed E-state index contributed by atoms with van der Waals surface area (Å²) in [5, 5.41) is 9.68. The van der Waals surface area contributed by atoms with Crippen molar-refractivity contribution in [1.82, 2.24) is 5.01 Å². The van der Waals surface area contributed by atoms with Crippen molar-refractivity contribution >= 4 is 51.7 Å². The van der Waals surface area contributed by atoms with Crippen molar-refractivity contribution in [2.75, 3.05) is 5.32 Å². The van der Waals surface area contributed by atoms with E-state index in [0.717, 1.165) is 22.4 Å². The van der Waals surface area contributed by atoms with Gasteiger partial charge in [0.25, 0.3) is 5.91 Å². The lowest BCUT2D eigenvalue weighted by Gasteiger charge is -2.23. The topological polar surface area (TPSA) is 74.1 Å². The van der Waals surface area contributed by atoms with Gasteiger partial charge >= 0.3 is 0 Å². The number of thioether (sulfide) groups is 1. The number of amidine groups is 1. The zero-order valence-electron chi connectivity index (χ0n) is 19.3. The van der Waals surface area contributed by atoms with Crippen LogP contribution in [0.2, 0.25) is 5.02 Å². The molecule has 3 aromatic carbocycles. The number of aryl methyl sites for hydroxylation is 1. The first-order valence-corrected chi connectivity index (χ1v) is 12.7. The molecule has 0 saturated heterocycles. The first-order valence-electron chi connectivity index (χ1n) is 11.4. The highest BCUT2D eigenvalue weighted by Crippen LogP contribution is 2.39. The number of rotatable bonds is 5. The number of amides is 2. The van der Waals surface area contributed by atoms with Crippen molar-refractivity contribution in [3.05, 3.63) is 100 Å². The minimum Gasteiger partial charge on any atom is -0.326 e. The number of carbonyl (C=O) groups excluding carboxylic acids is 2. The van der Waals surface area contributed by atoms with E-state index in [2.05, 4.69) is 10.3 Å². The van der Waals surface area contributed by atoms with Gasteiger partial charge in [0.15, 0.2) is 5.17 Å². The van der Waals surface area contributed by atoms with Gasteiger partial charge in [-0.2, -0.15) is 10.1 Å². The molecule has 0 aromatic heterocycles. The van der Waals surface area contributed by atoms with Gasteiger partial charge in [0, 0.05) is 23.6 Å². The Labute approximate surface area is 217 Å². The van der Waals surface area contributed by atoms with Crippen LogP contribution in [0, 0.1) is 12.7 Å². The van der Waals surface area contributed by atoms with Gasteiger partial charge in [0.1, 0.15) is 11.1 Å². The van der Waals surface area contributed by atoms with Crippen LogP contribution >= 0.6 is 23.4 Å². The summed E-state index contributed by atoms with van der Waals surface area (Å²) in [6.45, 7) is 1.97. The molecule has 0 fully saturated rings. The van der Waals surface area contributed by atoms with Crippen LogP contribution in [0.5, 0.6) is 0 Å². The number of nitrogens with zero attached hydrogens (tertiary/aromatic N) is 3. The number of hydrogen-bond donors (Lipinski definition) is 1. The number of hydrazone groups is 1. The molecule has 6 nitrogen and oxygen atoms in total. The predicted molar refractivity (Wildman–Crippen MR) is 142 cm³/mol. The van der Waals surface area contributed by atoms with Crippen LogP contribution in [-0.4, -0.2) is 33.0 Å². The smallest absolute Gasteiger partial charge is 0.262 e. The third kappa shape index (κ3) is 5.34. The van der Waals surface area contributed by atoms with Crippen LogP contribution in [0.3, 0.4) is 0 Å². The van der Waals surface area contributed by atoms with E-state index in [1.807, 2.05) is 49.4 Å². The minimum absolute atomic E-state index is 0.00538. The number of benzene rings is 3. The summed E-state index contributed by atoms with van der Waals surface area (Å²) in [5.74, 6) is -0.956. The molecule has 2 unspecified atom stereocenters. The molecule has 2 atom stereocenters. The van der Waals surface area contributed by atoms with E-state index in [9.17, 15) is 14.0 Å². The quantitative estimate of drug-likeness (QED) is 0.450. The first-order chi connectivity index (χ1) is 17.4. The highest BCUT2D eigenvalue weighted by molar-refractivity contribution is 8.15. The van der Waals surface area contributed by atoms with Crippen LogP contribution in [0.15, 0.2) is 82.9 Å². The molecule has 0 aliphatic carbocycles. The lowest BCUT2D eigenvalue weighted by molar-refractivity contribution is -0.121. The molecule has 182 valence electrons. The van der Waals surface area contributed by atoms with Crippen molar-refractivity contribution in [2.24, 2.45) is 10.1 Å². The molecule has 5 rings (SSSR count). The van der Waals surface area contributed by atoms with E-state index >= 15 is 0 Å². The molecule has 2 heterocycles. The number of hydrogen-bond acceptors (Lipinski definition) is 5. The molecule has 2 aliphatic heterocycles. The van der Waals surface area contributed by atoms with Crippen molar-refractivity contribution in [3.63, 3.8) is 0 Å². The molecule has 0 bridgehead atoms. The van der Waals surface area contributed by atoms with E-state index in [1.54, 1.807) is 23.2 Å². The normalized spacial score (nSPS) is 19.3. The number of aliphatic imine (C=N–C) groups is 1.